The number of hydrogen-bond donors (Lipinski definition) is 3. The Kier molecular flexibility index (Phi) is 7.14. The van der Waals surface area contributed by atoms with E-state index in [9.17, 15) is 22.8 Å². The zero-order valence-corrected chi connectivity index (χ0v) is 17.2. The lowest BCUT2D eigenvalue weighted by atomic mass is 10.1. The Hall–Kier alpha value is -3.81. The SMILES string of the molecule is CC(NC(=O)c1cccc(NCC(=O)Nc2cccc(C(F)(F)F)c2)c1)c1ccccc1. The lowest BCUT2D eigenvalue weighted by Crippen LogP contribution is -2.26. The summed E-state index contributed by atoms with van der Waals surface area (Å²) >= 11 is 0. The predicted molar refractivity (Wildman–Crippen MR) is 117 cm³/mol. The number of amides is 2. The van der Waals surface area contributed by atoms with Gasteiger partial charge in [0.1, 0.15) is 0 Å². The molecular formula is C24H22F3N3O2. The van der Waals surface area contributed by atoms with Crippen LogP contribution in [0.25, 0.3) is 0 Å². The number of nitrogens with one attached hydrogen (secondary N) is 3. The maximum absolute atomic E-state index is 12.8. The van der Waals surface area contributed by atoms with Gasteiger partial charge in [0.05, 0.1) is 18.2 Å². The minimum absolute atomic E-state index is 0.0506. The second kappa shape index (κ2) is 10.00. The summed E-state index contributed by atoms with van der Waals surface area (Å²) in [7, 11) is 0. The number of carbonyl (C=O) groups excluding carboxylic acids is 2. The van der Waals surface area contributed by atoms with Gasteiger partial charge in [-0.1, -0.05) is 42.5 Å². The Morgan fingerprint density at radius 3 is 2.28 bits per heavy atom. The van der Waals surface area contributed by atoms with Crippen LogP contribution in [0, 0.1) is 0 Å². The topological polar surface area (TPSA) is 70.2 Å². The van der Waals surface area contributed by atoms with Crippen molar-refractivity contribution in [1.82, 2.24) is 5.32 Å². The molecule has 166 valence electrons. The summed E-state index contributed by atoms with van der Waals surface area (Å²) in [5.74, 6) is -0.782. The third-order valence-corrected chi connectivity index (χ3v) is 4.70. The molecule has 0 bridgehead atoms. The van der Waals surface area contributed by atoms with E-state index < -0.39 is 17.6 Å². The molecule has 3 aromatic rings. The number of halogens is 3. The Labute approximate surface area is 183 Å². The van der Waals surface area contributed by atoms with Crippen LogP contribution in [-0.2, 0) is 11.0 Å². The molecule has 0 aliphatic rings. The van der Waals surface area contributed by atoms with Crippen molar-refractivity contribution in [2.45, 2.75) is 19.1 Å². The number of benzene rings is 3. The highest BCUT2D eigenvalue weighted by Gasteiger charge is 2.30. The van der Waals surface area contributed by atoms with Crippen molar-refractivity contribution in [1.29, 1.82) is 0 Å². The van der Waals surface area contributed by atoms with Crippen LogP contribution in [0.5, 0.6) is 0 Å². The van der Waals surface area contributed by atoms with Gasteiger partial charge in [0, 0.05) is 16.9 Å². The van der Waals surface area contributed by atoms with Gasteiger partial charge in [-0.3, -0.25) is 9.59 Å². The number of rotatable bonds is 7. The van der Waals surface area contributed by atoms with Gasteiger partial charge >= 0.3 is 6.18 Å². The van der Waals surface area contributed by atoms with E-state index in [1.807, 2.05) is 37.3 Å². The normalized spacial score (nSPS) is 12.0. The summed E-state index contributed by atoms with van der Waals surface area (Å²) in [6.07, 6.45) is -4.49. The predicted octanol–water partition coefficient (Wildman–Crippen LogP) is 5.25. The molecular weight excluding hydrogens is 419 g/mol. The first-order chi connectivity index (χ1) is 15.2. The van der Waals surface area contributed by atoms with Gasteiger partial charge in [-0.05, 0) is 48.9 Å². The van der Waals surface area contributed by atoms with Crippen molar-refractivity contribution in [2.75, 3.05) is 17.2 Å². The Morgan fingerprint density at radius 1 is 0.875 bits per heavy atom. The second-order valence-corrected chi connectivity index (χ2v) is 7.17. The molecule has 8 heteroatoms. The van der Waals surface area contributed by atoms with E-state index in [0.717, 1.165) is 17.7 Å². The quantitative estimate of drug-likeness (QED) is 0.469. The second-order valence-electron chi connectivity index (χ2n) is 7.17. The molecule has 0 saturated heterocycles. The molecule has 3 N–H and O–H groups in total. The van der Waals surface area contributed by atoms with Crippen LogP contribution < -0.4 is 16.0 Å². The third kappa shape index (κ3) is 6.34. The molecule has 0 spiro atoms. The summed E-state index contributed by atoms with van der Waals surface area (Å²) in [5.41, 5.74) is 1.13. The molecule has 0 saturated carbocycles. The van der Waals surface area contributed by atoms with E-state index >= 15 is 0 Å². The molecule has 0 heterocycles. The lowest BCUT2D eigenvalue weighted by Gasteiger charge is -2.15. The highest BCUT2D eigenvalue weighted by atomic mass is 19.4. The van der Waals surface area contributed by atoms with E-state index in [1.54, 1.807) is 24.3 Å². The zero-order valence-electron chi connectivity index (χ0n) is 17.2. The Morgan fingerprint density at radius 2 is 1.56 bits per heavy atom. The van der Waals surface area contributed by atoms with Crippen molar-refractivity contribution in [3.8, 4) is 0 Å². The van der Waals surface area contributed by atoms with Gasteiger partial charge in [-0.2, -0.15) is 13.2 Å². The highest BCUT2D eigenvalue weighted by molar-refractivity contribution is 5.96. The molecule has 0 aliphatic heterocycles. The third-order valence-electron chi connectivity index (χ3n) is 4.70. The maximum Gasteiger partial charge on any atom is 0.416 e. The smallest absolute Gasteiger partial charge is 0.376 e. The fourth-order valence-corrected chi connectivity index (χ4v) is 3.04. The number of anilines is 2. The fourth-order valence-electron chi connectivity index (χ4n) is 3.04. The van der Waals surface area contributed by atoms with Crippen LogP contribution in [-0.4, -0.2) is 18.4 Å². The molecule has 1 unspecified atom stereocenters. The summed E-state index contributed by atoms with van der Waals surface area (Å²) in [6, 6.07) is 20.4. The van der Waals surface area contributed by atoms with E-state index in [1.165, 1.54) is 12.1 Å². The van der Waals surface area contributed by atoms with E-state index in [0.29, 0.717) is 11.3 Å². The molecule has 0 radical (unpaired) electrons. The fraction of sp³-hybridized carbons (Fsp3) is 0.167. The standard InChI is InChI=1S/C24H22F3N3O2/c1-16(17-7-3-2-4-8-17)29-23(32)18-9-5-11-20(13-18)28-15-22(31)30-21-12-6-10-19(14-21)24(25,26)27/h2-14,16,28H,15H2,1H3,(H,29,32)(H,30,31). The molecule has 2 amide bonds. The van der Waals surface area contributed by atoms with Crippen LogP contribution in [0.1, 0.15) is 34.5 Å². The highest BCUT2D eigenvalue weighted by Crippen LogP contribution is 2.30. The molecule has 0 fully saturated rings. The van der Waals surface area contributed by atoms with Crippen LogP contribution in [0.15, 0.2) is 78.9 Å². The summed E-state index contributed by atoms with van der Waals surface area (Å²) in [5, 5.41) is 8.22. The molecule has 3 aromatic carbocycles. The molecule has 3 rings (SSSR count). The van der Waals surface area contributed by atoms with E-state index in [2.05, 4.69) is 16.0 Å². The monoisotopic (exact) mass is 441 g/mol. The van der Waals surface area contributed by atoms with Crippen molar-refractivity contribution in [3.05, 3.63) is 95.6 Å². The maximum atomic E-state index is 12.8. The minimum Gasteiger partial charge on any atom is -0.376 e. The number of carbonyl (C=O) groups is 2. The number of alkyl halides is 3. The summed E-state index contributed by atoms with van der Waals surface area (Å²) in [4.78, 5) is 24.7. The molecule has 5 nitrogen and oxygen atoms in total. The van der Waals surface area contributed by atoms with Gasteiger partial charge in [0.25, 0.3) is 5.91 Å². The molecule has 1 atom stereocenters. The van der Waals surface area contributed by atoms with Crippen LogP contribution in [0.4, 0.5) is 24.5 Å². The van der Waals surface area contributed by atoms with Crippen LogP contribution in [0.2, 0.25) is 0 Å². The average molecular weight is 441 g/mol. The molecule has 32 heavy (non-hydrogen) atoms. The lowest BCUT2D eigenvalue weighted by molar-refractivity contribution is -0.137. The largest absolute Gasteiger partial charge is 0.416 e. The Balaban J connectivity index is 1.56. The van der Waals surface area contributed by atoms with Crippen molar-refractivity contribution < 1.29 is 22.8 Å². The van der Waals surface area contributed by atoms with Gasteiger partial charge in [0.15, 0.2) is 0 Å². The molecule has 0 aliphatic carbocycles. The van der Waals surface area contributed by atoms with Gasteiger partial charge in [-0.25, -0.2) is 0 Å². The van der Waals surface area contributed by atoms with Crippen LogP contribution >= 0.6 is 0 Å². The van der Waals surface area contributed by atoms with E-state index in [-0.39, 0.29) is 24.2 Å². The summed E-state index contributed by atoms with van der Waals surface area (Å²) in [6.45, 7) is 1.70. The van der Waals surface area contributed by atoms with Crippen molar-refractivity contribution in [2.24, 2.45) is 0 Å². The first-order valence-electron chi connectivity index (χ1n) is 9.89. The first-order valence-corrected chi connectivity index (χ1v) is 9.89. The minimum atomic E-state index is -4.49. The first kappa shape index (κ1) is 22.9. The van der Waals surface area contributed by atoms with Crippen LogP contribution in [0.3, 0.4) is 0 Å². The zero-order chi connectivity index (χ0) is 23.1. The number of hydrogen-bond acceptors (Lipinski definition) is 3. The van der Waals surface area contributed by atoms with Gasteiger partial charge in [-0.15, -0.1) is 0 Å². The van der Waals surface area contributed by atoms with E-state index in [4.69, 9.17) is 0 Å². The summed E-state index contributed by atoms with van der Waals surface area (Å²) < 4.78 is 38.4. The Bertz CT molecular complexity index is 1090. The van der Waals surface area contributed by atoms with Crippen molar-refractivity contribution >= 4 is 23.2 Å². The van der Waals surface area contributed by atoms with Crippen molar-refractivity contribution in [3.63, 3.8) is 0 Å². The van der Waals surface area contributed by atoms with Gasteiger partial charge in [0.2, 0.25) is 5.91 Å². The molecule has 0 aromatic heterocycles. The van der Waals surface area contributed by atoms with Gasteiger partial charge < -0.3 is 16.0 Å². The average Bonchev–Trinajstić information content (AvgIpc) is 2.78.